The van der Waals surface area contributed by atoms with Crippen molar-refractivity contribution in [1.82, 2.24) is 0 Å². The van der Waals surface area contributed by atoms with Gasteiger partial charge in [0.15, 0.2) is 0 Å². The van der Waals surface area contributed by atoms with Gasteiger partial charge in [0, 0.05) is 11.6 Å². The Bertz CT molecular complexity index is 312. The van der Waals surface area contributed by atoms with Crippen molar-refractivity contribution in [2.75, 3.05) is 6.54 Å². The maximum atomic E-state index is 9.56. The van der Waals surface area contributed by atoms with Crippen molar-refractivity contribution in [1.29, 1.82) is 0 Å². The van der Waals surface area contributed by atoms with Crippen molar-refractivity contribution >= 4 is 11.6 Å². The molecule has 1 atom stereocenters. The van der Waals surface area contributed by atoms with E-state index in [2.05, 4.69) is 0 Å². The molecule has 72 valence electrons. The molecule has 0 radical (unpaired) electrons. The number of aliphatic hydroxyl groups excluding tert-OH is 1. The van der Waals surface area contributed by atoms with E-state index in [0.717, 1.165) is 21.7 Å². The van der Waals surface area contributed by atoms with Crippen LogP contribution in [0.2, 0.25) is 5.02 Å². The van der Waals surface area contributed by atoms with E-state index in [1.807, 2.05) is 26.0 Å². The highest BCUT2D eigenvalue weighted by atomic mass is 35.5. The molecule has 0 aliphatic rings. The molecule has 0 saturated carbocycles. The lowest BCUT2D eigenvalue weighted by molar-refractivity contribution is 0.186. The second-order valence-corrected chi connectivity index (χ2v) is 3.62. The van der Waals surface area contributed by atoms with Crippen LogP contribution < -0.4 is 5.73 Å². The first kappa shape index (κ1) is 10.5. The third-order valence-electron chi connectivity index (χ3n) is 2.13. The van der Waals surface area contributed by atoms with Gasteiger partial charge < -0.3 is 10.8 Å². The molecule has 2 nitrogen and oxygen atoms in total. The first-order valence-electron chi connectivity index (χ1n) is 4.21. The molecule has 0 heterocycles. The number of hydrogen-bond acceptors (Lipinski definition) is 2. The fraction of sp³-hybridized carbons (Fsp3) is 0.400. The standard InChI is InChI=1S/C10H14ClNO/c1-6-4-9(11)7(2)3-8(6)10(13)5-12/h3-4,10,13H,5,12H2,1-2H3. The minimum atomic E-state index is -0.587. The van der Waals surface area contributed by atoms with Crippen LogP contribution in [0.1, 0.15) is 22.8 Å². The maximum absolute atomic E-state index is 9.56. The summed E-state index contributed by atoms with van der Waals surface area (Å²) < 4.78 is 0. The Morgan fingerprint density at radius 3 is 2.54 bits per heavy atom. The summed E-state index contributed by atoms with van der Waals surface area (Å²) in [5.74, 6) is 0. The average molecular weight is 200 g/mol. The largest absolute Gasteiger partial charge is 0.387 e. The predicted molar refractivity (Wildman–Crippen MR) is 54.9 cm³/mol. The Morgan fingerprint density at radius 2 is 2.00 bits per heavy atom. The van der Waals surface area contributed by atoms with Crippen molar-refractivity contribution in [3.8, 4) is 0 Å². The zero-order valence-electron chi connectivity index (χ0n) is 7.84. The lowest BCUT2D eigenvalue weighted by Crippen LogP contribution is -2.12. The molecular weight excluding hydrogens is 186 g/mol. The van der Waals surface area contributed by atoms with E-state index in [9.17, 15) is 5.11 Å². The summed E-state index contributed by atoms with van der Waals surface area (Å²) in [6.45, 7) is 4.07. The van der Waals surface area contributed by atoms with Crippen molar-refractivity contribution < 1.29 is 5.11 Å². The molecule has 0 amide bonds. The molecule has 0 spiro atoms. The van der Waals surface area contributed by atoms with Gasteiger partial charge in [-0.15, -0.1) is 0 Å². The summed E-state index contributed by atoms with van der Waals surface area (Å²) in [6, 6.07) is 3.74. The van der Waals surface area contributed by atoms with Gasteiger partial charge >= 0.3 is 0 Å². The molecule has 3 N–H and O–H groups in total. The van der Waals surface area contributed by atoms with Crippen LogP contribution >= 0.6 is 11.6 Å². The van der Waals surface area contributed by atoms with Gasteiger partial charge in [-0.25, -0.2) is 0 Å². The Morgan fingerprint density at radius 1 is 1.38 bits per heavy atom. The number of aliphatic hydroxyl groups is 1. The van der Waals surface area contributed by atoms with Gasteiger partial charge in [-0.2, -0.15) is 0 Å². The maximum Gasteiger partial charge on any atom is 0.0914 e. The highest BCUT2D eigenvalue weighted by Gasteiger charge is 2.09. The molecule has 1 aromatic rings. The number of halogens is 1. The predicted octanol–water partition coefficient (Wildman–Crippen LogP) is 1.95. The normalized spacial score (nSPS) is 13.0. The van der Waals surface area contributed by atoms with E-state index < -0.39 is 6.10 Å². The van der Waals surface area contributed by atoms with Gasteiger partial charge in [-0.1, -0.05) is 17.7 Å². The molecule has 0 fully saturated rings. The molecule has 0 saturated heterocycles. The van der Waals surface area contributed by atoms with Gasteiger partial charge in [0.25, 0.3) is 0 Å². The van der Waals surface area contributed by atoms with Crippen LogP contribution in [-0.4, -0.2) is 11.7 Å². The highest BCUT2D eigenvalue weighted by molar-refractivity contribution is 6.31. The number of rotatable bonds is 2. The summed E-state index contributed by atoms with van der Waals surface area (Å²) in [5, 5.41) is 10.3. The first-order valence-corrected chi connectivity index (χ1v) is 4.59. The van der Waals surface area contributed by atoms with Crippen molar-refractivity contribution in [3.63, 3.8) is 0 Å². The van der Waals surface area contributed by atoms with Crippen molar-refractivity contribution in [3.05, 3.63) is 33.8 Å². The first-order chi connectivity index (χ1) is 6.06. The Labute approximate surface area is 83.3 Å². The molecule has 0 aliphatic heterocycles. The van der Waals surface area contributed by atoms with Crippen LogP contribution in [-0.2, 0) is 0 Å². The van der Waals surface area contributed by atoms with Gasteiger partial charge in [0.1, 0.15) is 0 Å². The zero-order chi connectivity index (χ0) is 10.0. The van der Waals surface area contributed by atoms with Crippen LogP contribution in [0.15, 0.2) is 12.1 Å². The average Bonchev–Trinajstić information content (AvgIpc) is 2.10. The summed E-state index contributed by atoms with van der Waals surface area (Å²) in [7, 11) is 0. The molecule has 1 unspecified atom stereocenters. The Kier molecular flexibility index (Phi) is 3.31. The molecule has 3 heteroatoms. The van der Waals surface area contributed by atoms with Gasteiger partial charge in [0.05, 0.1) is 6.10 Å². The second-order valence-electron chi connectivity index (χ2n) is 3.21. The number of aryl methyl sites for hydroxylation is 2. The smallest absolute Gasteiger partial charge is 0.0914 e. The lowest BCUT2D eigenvalue weighted by Gasteiger charge is -2.13. The van der Waals surface area contributed by atoms with Crippen LogP contribution in [0.25, 0.3) is 0 Å². The third-order valence-corrected chi connectivity index (χ3v) is 2.54. The van der Waals surface area contributed by atoms with Crippen molar-refractivity contribution in [2.24, 2.45) is 5.73 Å². The molecular formula is C10H14ClNO. The monoisotopic (exact) mass is 199 g/mol. The van der Waals surface area contributed by atoms with Crippen molar-refractivity contribution in [2.45, 2.75) is 20.0 Å². The van der Waals surface area contributed by atoms with Gasteiger partial charge in [-0.3, -0.25) is 0 Å². The minimum Gasteiger partial charge on any atom is -0.387 e. The van der Waals surface area contributed by atoms with Gasteiger partial charge in [0.2, 0.25) is 0 Å². The number of hydrogen-bond donors (Lipinski definition) is 2. The van der Waals surface area contributed by atoms with E-state index in [1.54, 1.807) is 0 Å². The minimum absolute atomic E-state index is 0.238. The molecule has 13 heavy (non-hydrogen) atoms. The van der Waals surface area contributed by atoms with Crippen LogP contribution in [0.5, 0.6) is 0 Å². The van der Waals surface area contributed by atoms with E-state index in [1.165, 1.54) is 0 Å². The third kappa shape index (κ3) is 2.21. The topological polar surface area (TPSA) is 46.2 Å². The Hall–Kier alpha value is -0.570. The van der Waals surface area contributed by atoms with Crippen LogP contribution in [0.4, 0.5) is 0 Å². The van der Waals surface area contributed by atoms with E-state index in [-0.39, 0.29) is 6.54 Å². The number of nitrogens with two attached hydrogens (primary N) is 1. The zero-order valence-corrected chi connectivity index (χ0v) is 8.60. The fourth-order valence-electron chi connectivity index (χ4n) is 1.29. The molecule has 1 rings (SSSR count). The van der Waals surface area contributed by atoms with Gasteiger partial charge in [-0.05, 0) is 36.6 Å². The second kappa shape index (κ2) is 4.09. The summed E-state index contributed by atoms with van der Waals surface area (Å²) in [5.41, 5.74) is 8.19. The molecule has 0 aromatic heterocycles. The van der Waals surface area contributed by atoms with E-state index >= 15 is 0 Å². The van der Waals surface area contributed by atoms with Crippen LogP contribution in [0, 0.1) is 13.8 Å². The van der Waals surface area contributed by atoms with E-state index in [4.69, 9.17) is 17.3 Å². The Balaban J connectivity index is 3.15. The number of benzene rings is 1. The quantitative estimate of drug-likeness (QED) is 0.765. The fourth-order valence-corrected chi connectivity index (χ4v) is 1.51. The van der Waals surface area contributed by atoms with E-state index in [0.29, 0.717) is 0 Å². The van der Waals surface area contributed by atoms with Crippen LogP contribution in [0.3, 0.4) is 0 Å². The SMILES string of the molecule is Cc1cc(C(O)CN)c(C)cc1Cl. The highest BCUT2D eigenvalue weighted by Crippen LogP contribution is 2.24. The summed E-state index contributed by atoms with van der Waals surface area (Å²) in [4.78, 5) is 0. The lowest BCUT2D eigenvalue weighted by atomic mass is 10.0. The summed E-state index contributed by atoms with van der Waals surface area (Å²) in [6.07, 6.45) is -0.587. The summed E-state index contributed by atoms with van der Waals surface area (Å²) >= 11 is 5.92. The molecule has 0 bridgehead atoms. The molecule has 1 aromatic carbocycles. The molecule has 0 aliphatic carbocycles.